The van der Waals surface area contributed by atoms with Crippen LogP contribution in [0.15, 0.2) is 16.6 Å². The normalized spacial score (nSPS) is 22.9. The second kappa shape index (κ2) is 5.58. The first-order valence-electron chi connectivity index (χ1n) is 6.84. The number of hydrogen-bond acceptors (Lipinski definition) is 3. The number of nitrogens with two attached hydrogens (primary N) is 1. The molecule has 2 fully saturated rings. The summed E-state index contributed by atoms with van der Waals surface area (Å²) in [4.78, 5) is 4.85. The molecule has 2 N–H and O–H groups in total. The molecule has 0 saturated carbocycles. The van der Waals surface area contributed by atoms with Gasteiger partial charge in [0.25, 0.3) is 0 Å². The van der Waals surface area contributed by atoms with Gasteiger partial charge in [-0.15, -0.1) is 0 Å². The van der Waals surface area contributed by atoms with E-state index in [1.165, 1.54) is 19.4 Å². The van der Waals surface area contributed by atoms with E-state index in [0.717, 1.165) is 19.6 Å². The molecule has 0 bridgehead atoms. The van der Waals surface area contributed by atoms with Crippen molar-refractivity contribution in [3.8, 4) is 0 Å². The first-order valence-corrected chi connectivity index (χ1v) is 8.05. The fraction of sp³-hybridized carbons (Fsp3) is 0.500. The fourth-order valence-corrected chi connectivity index (χ4v) is 4.03. The highest BCUT2D eigenvalue weighted by atomic mass is 79.9. The molecule has 6 heteroatoms. The van der Waals surface area contributed by atoms with Crippen molar-refractivity contribution in [1.82, 2.24) is 4.90 Å². The summed E-state index contributed by atoms with van der Waals surface area (Å²) in [5.41, 5.74) is 6.79. The maximum atomic E-state index is 14.5. The van der Waals surface area contributed by atoms with Crippen molar-refractivity contribution in [2.75, 3.05) is 31.1 Å². The quantitative estimate of drug-likeness (QED) is 0.824. The van der Waals surface area contributed by atoms with Crippen molar-refractivity contribution in [3.05, 3.63) is 28.0 Å². The van der Waals surface area contributed by atoms with Crippen LogP contribution in [-0.2, 0) is 0 Å². The Bertz CT molecular complexity index is 551. The van der Waals surface area contributed by atoms with Gasteiger partial charge in [0.15, 0.2) is 5.82 Å². The van der Waals surface area contributed by atoms with Gasteiger partial charge in [0.1, 0.15) is 4.99 Å². The van der Waals surface area contributed by atoms with Crippen LogP contribution in [0.3, 0.4) is 0 Å². The zero-order chi connectivity index (χ0) is 14.3. The molecule has 2 heterocycles. The summed E-state index contributed by atoms with van der Waals surface area (Å²) in [5.74, 6) is -0.262. The molecule has 20 heavy (non-hydrogen) atoms. The van der Waals surface area contributed by atoms with Crippen molar-refractivity contribution in [1.29, 1.82) is 0 Å². The summed E-state index contributed by atoms with van der Waals surface area (Å²) in [6, 6.07) is 4.16. The van der Waals surface area contributed by atoms with Crippen molar-refractivity contribution in [2.45, 2.75) is 18.9 Å². The smallest absolute Gasteiger partial charge is 0.161 e. The van der Waals surface area contributed by atoms with Gasteiger partial charge >= 0.3 is 0 Å². The maximum Gasteiger partial charge on any atom is 0.161 e. The van der Waals surface area contributed by atoms with E-state index >= 15 is 0 Å². The van der Waals surface area contributed by atoms with E-state index < -0.39 is 0 Å². The van der Waals surface area contributed by atoms with Crippen LogP contribution in [0.1, 0.15) is 18.4 Å². The lowest BCUT2D eigenvalue weighted by molar-refractivity contribution is 0.230. The average Bonchev–Trinajstić information content (AvgIpc) is 2.88. The van der Waals surface area contributed by atoms with E-state index in [2.05, 4.69) is 25.7 Å². The third-order valence-electron chi connectivity index (χ3n) is 4.26. The summed E-state index contributed by atoms with van der Waals surface area (Å²) in [6.45, 7) is 3.96. The highest BCUT2D eigenvalue weighted by molar-refractivity contribution is 9.10. The molecule has 3 rings (SSSR count). The Morgan fingerprint density at radius 3 is 2.90 bits per heavy atom. The lowest BCUT2D eigenvalue weighted by atomic mass is 10.1. The Kier molecular flexibility index (Phi) is 3.97. The number of thiocarbonyl (C=S) groups is 1. The van der Waals surface area contributed by atoms with Crippen molar-refractivity contribution < 1.29 is 4.39 Å². The maximum absolute atomic E-state index is 14.5. The zero-order valence-corrected chi connectivity index (χ0v) is 13.5. The number of anilines is 1. The molecule has 0 radical (unpaired) electrons. The van der Waals surface area contributed by atoms with Crippen LogP contribution < -0.4 is 10.6 Å². The summed E-state index contributed by atoms with van der Waals surface area (Å²) in [7, 11) is 0. The molecule has 0 aromatic heterocycles. The lowest BCUT2D eigenvalue weighted by Crippen LogP contribution is -2.50. The van der Waals surface area contributed by atoms with E-state index in [4.69, 9.17) is 18.0 Å². The molecule has 1 atom stereocenters. The number of fused-ring (bicyclic) bond motifs is 1. The highest BCUT2D eigenvalue weighted by Gasteiger charge is 2.31. The Morgan fingerprint density at radius 1 is 1.35 bits per heavy atom. The van der Waals surface area contributed by atoms with Crippen LogP contribution in [-0.4, -0.2) is 42.1 Å². The van der Waals surface area contributed by atoms with Crippen molar-refractivity contribution in [3.63, 3.8) is 0 Å². The van der Waals surface area contributed by atoms with E-state index in [0.29, 0.717) is 21.8 Å². The van der Waals surface area contributed by atoms with Crippen molar-refractivity contribution in [2.24, 2.45) is 5.73 Å². The Morgan fingerprint density at radius 2 is 2.15 bits per heavy atom. The summed E-state index contributed by atoms with van der Waals surface area (Å²) in [5, 5.41) is 0. The van der Waals surface area contributed by atoms with Gasteiger partial charge < -0.3 is 10.6 Å². The Hall–Kier alpha value is -0.720. The number of hydrogen-bond donors (Lipinski definition) is 1. The monoisotopic (exact) mass is 357 g/mol. The predicted molar refractivity (Wildman–Crippen MR) is 86.8 cm³/mol. The van der Waals surface area contributed by atoms with E-state index in [-0.39, 0.29) is 10.8 Å². The minimum atomic E-state index is -0.262. The molecular formula is C14H17BrFN3S. The fourth-order valence-electron chi connectivity index (χ4n) is 3.18. The van der Waals surface area contributed by atoms with Gasteiger partial charge in [0.2, 0.25) is 0 Å². The van der Waals surface area contributed by atoms with E-state index in [1.54, 1.807) is 12.1 Å². The van der Waals surface area contributed by atoms with E-state index in [9.17, 15) is 4.39 Å². The van der Waals surface area contributed by atoms with Crippen LogP contribution in [0.4, 0.5) is 10.1 Å². The topological polar surface area (TPSA) is 32.5 Å². The van der Waals surface area contributed by atoms with Gasteiger partial charge in [-0.3, -0.25) is 4.90 Å². The minimum absolute atomic E-state index is 0.211. The molecule has 3 nitrogen and oxygen atoms in total. The molecule has 2 saturated heterocycles. The van der Waals surface area contributed by atoms with Crippen LogP contribution >= 0.6 is 28.1 Å². The van der Waals surface area contributed by atoms with Crippen LogP contribution in [0.5, 0.6) is 0 Å². The molecule has 1 aromatic rings. The largest absolute Gasteiger partial charge is 0.389 e. The molecule has 2 aliphatic rings. The number of benzene rings is 1. The minimum Gasteiger partial charge on any atom is -0.389 e. The Labute approximate surface area is 132 Å². The molecule has 0 aliphatic carbocycles. The summed E-state index contributed by atoms with van der Waals surface area (Å²) < 4.78 is 14.9. The van der Waals surface area contributed by atoms with Crippen LogP contribution in [0, 0.1) is 5.82 Å². The van der Waals surface area contributed by atoms with Gasteiger partial charge in [-0.1, -0.05) is 12.2 Å². The van der Waals surface area contributed by atoms with Gasteiger partial charge in [-0.2, -0.15) is 0 Å². The zero-order valence-electron chi connectivity index (χ0n) is 11.1. The molecule has 1 unspecified atom stereocenters. The van der Waals surface area contributed by atoms with Gasteiger partial charge in [0.05, 0.1) is 10.2 Å². The van der Waals surface area contributed by atoms with Gasteiger partial charge in [-0.25, -0.2) is 4.39 Å². The lowest BCUT2D eigenvalue weighted by Gasteiger charge is -2.39. The number of halogens is 2. The van der Waals surface area contributed by atoms with Crippen LogP contribution in [0.2, 0.25) is 0 Å². The third-order valence-corrected chi connectivity index (χ3v) is 5.25. The predicted octanol–water partition coefficient (Wildman–Crippen LogP) is 2.51. The molecular weight excluding hydrogens is 341 g/mol. The SMILES string of the molecule is NC(=S)c1ccc(N2CCN3CCCC3C2)c(F)c1Br. The average molecular weight is 358 g/mol. The van der Waals surface area contributed by atoms with Gasteiger partial charge in [-0.05, 0) is 47.4 Å². The van der Waals surface area contributed by atoms with Crippen molar-refractivity contribution >= 4 is 38.8 Å². The van der Waals surface area contributed by atoms with Crippen LogP contribution in [0.25, 0.3) is 0 Å². The first kappa shape index (κ1) is 14.2. The summed E-state index contributed by atoms with van der Waals surface area (Å²) >= 11 is 8.21. The molecule has 0 spiro atoms. The first-order chi connectivity index (χ1) is 9.58. The second-order valence-corrected chi connectivity index (χ2v) is 6.64. The van der Waals surface area contributed by atoms with E-state index in [1.807, 2.05) is 0 Å². The number of nitrogens with zero attached hydrogens (tertiary/aromatic N) is 2. The highest BCUT2D eigenvalue weighted by Crippen LogP contribution is 2.32. The second-order valence-electron chi connectivity index (χ2n) is 5.40. The number of rotatable bonds is 2. The molecule has 1 aromatic carbocycles. The summed E-state index contributed by atoms with van der Waals surface area (Å²) in [6.07, 6.45) is 2.47. The molecule has 108 valence electrons. The van der Waals surface area contributed by atoms with Gasteiger partial charge in [0, 0.05) is 31.2 Å². The molecule has 0 amide bonds. The standard InChI is InChI=1S/C14H17BrFN3S/c15-12-10(14(17)20)3-4-11(13(12)16)19-7-6-18-5-1-2-9(18)8-19/h3-4,9H,1-2,5-8H2,(H2,17,20). The molecule has 2 aliphatic heterocycles. The number of piperazine rings is 1. The Balaban J connectivity index is 1.87. The third kappa shape index (κ3) is 2.44.